The molecule has 142 valence electrons. The summed E-state index contributed by atoms with van der Waals surface area (Å²) in [6, 6.07) is 17.6. The predicted molar refractivity (Wildman–Crippen MR) is 103 cm³/mol. The fourth-order valence-electron chi connectivity index (χ4n) is 3.77. The Morgan fingerprint density at radius 2 is 1.66 bits per heavy atom. The lowest BCUT2D eigenvalue weighted by Crippen LogP contribution is -2.34. The molecule has 0 radical (unpaired) electrons. The Labute approximate surface area is 164 Å². The molecular formula is C22H13FN2O4. The summed E-state index contributed by atoms with van der Waals surface area (Å²) in [5, 5.41) is 5.38. The first kappa shape index (κ1) is 17.2. The number of carbonyl (C=O) groups excluding carboxylic acids is 3. The maximum atomic E-state index is 13.2. The van der Waals surface area contributed by atoms with E-state index in [9.17, 15) is 18.8 Å². The zero-order valence-electron chi connectivity index (χ0n) is 14.9. The summed E-state index contributed by atoms with van der Waals surface area (Å²) < 4.78 is 13.2. The Balaban J connectivity index is 1.52. The van der Waals surface area contributed by atoms with Gasteiger partial charge in [-0.1, -0.05) is 47.6 Å². The topological polar surface area (TPSA) is 76.0 Å². The Morgan fingerprint density at radius 3 is 2.45 bits per heavy atom. The van der Waals surface area contributed by atoms with Gasteiger partial charge in [0.1, 0.15) is 17.4 Å². The summed E-state index contributed by atoms with van der Waals surface area (Å²) in [6.45, 7) is 0. The van der Waals surface area contributed by atoms with Crippen LogP contribution in [0, 0.1) is 11.7 Å². The van der Waals surface area contributed by atoms with Crippen LogP contribution in [0.2, 0.25) is 0 Å². The molecule has 2 amide bonds. The zero-order valence-corrected chi connectivity index (χ0v) is 14.9. The van der Waals surface area contributed by atoms with Crippen LogP contribution in [0.3, 0.4) is 0 Å². The molecule has 0 N–H and O–H groups in total. The average Bonchev–Trinajstić information content (AvgIpc) is 3.28. The van der Waals surface area contributed by atoms with Crippen molar-refractivity contribution in [1.82, 2.24) is 0 Å². The summed E-state index contributed by atoms with van der Waals surface area (Å²) in [5.41, 5.74) is 0.497. The van der Waals surface area contributed by atoms with Crippen molar-refractivity contribution in [3.63, 3.8) is 0 Å². The predicted octanol–water partition coefficient (Wildman–Crippen LogP) is 3.11. The summed E-state index contributed by atoms with van der Waals surface area (Å²) in [4.78, 5) is 45.0. The molecule has 1 fully saturated rings. The molecule has 3 aromatic rings. The number of imide groups is 1. The van der Waals surface area contributed by atoms with Crippen LogP contribution < -0.4 is 4.90 Å². The van der Waals surface area contributed by atoms with Crippen LogP contribution >= 0.6 is 0 Å². The Bertz CT molecular complexity index is 1210. The fourth-order valence-corrected chi connectivity index (χ4v) is 3.77. The molecule has 5 rings (SSSR count). The van der Waals surface area contributed by atoms with Crippen molar-refractivity contribution in [2.24, 2.45) is 11.1 Å². The second-order valence-electron chi connectivity index (χ2n) is 6.82. The van der Waals surface area contributed by atoms with Crippen molar-refractivity contribution < 1.29 is 23.6 Å². The summed E-state index contributed by atoms with van der Waals surface area (Å²) in [6.07, 6.45) is -1.19. The number of benzene rings is 3. The average molecular weight is 388 g/mol. The maximum Gasteiger partial charge on any atom is 0.278 e. The highest BCUT2D eigenvalue weighted by atomic mass is 19.1. The van der Waals surface area contributed by atoms with Crippen LogP contribution in [-0.4, -0.2) is 29.4 Å². The first-order valence-corrected chi connectivity index (χ1v) is 8.96. The van der Waals surface area contributed by atoms with E-state index in [0.29, 0.717) is 5.56 Å². The molecule has 3 aromatic carbocycles. The quantitative estimate of drug-likeness (QED) is 0.510. The van der Waals surface area contributed by atoms with Gasteiger partial charge in [-0.05, 0) is 35.0 Å². The van der Waals surface area contributed by atoms with Gasteiger partial charge in [0.15, 0.2) is 0 Å². The third-order valence-electron chi connectivity index (χ3n) is 5.16. The van der Waals surface area contributed by atoms with E-state index in [1.807, 2.05) is 30.3 Å². The SMILES string of the molecule is O=C(C1=NOC2C(=O)N(c3ccc(F)cc3)C(=O)C12)c1cccc2ccccc12. The standard InChI is InChI=1S/C22H13FN2O4/c23-13-8-10-14(11-9-13)25-21(27)17-18(24-29-20(17)22(25)28)19(26)16-7-3-5-12-4-1-2-6-15(12)16/h1-11,17,20H. The molecule has 2 atom stereocenters. The van der Waals surface area contributed by atoms with E-state index in [4.69, 9.17) is 4.84 Å². The molecule has 1 saturated heterocycles. The molecule has 2 unspecified atom stereocenters. The molecule has 6 nitrogen and oxygen atoms in total. The second-order valence-corrected chi connectivity index (χ2v) is 6.82. The summed E-state index contributed by atoms with van der Waals surface area (Å²) in [7, 11) is 0. The lowest BCUT2D eigenvalue weighted by Gasteiger charge is -2.15. The van der Waals surface area contributed by atoms with Crippen molar-refractivity contribution in [2.75, 3.05) is 4.90 Å². The van der Waals surface area contributed by atoms with Crippen LogP contribution in [0.4, 0.5) is 10.1 Å². The number of anilines is 1. The molecule has 0 spiro atoms. The second kappa shape index (κ2) is 6.34. The van der Waals surface area contributed by atoms with Gasteiger partial charge in [0.05, 0.1) is 5.69 Å². The summed E-state index contributed by atoms with van der Waals surface area (Å²) in [5.74, 6) is -3.32. The van der Waals surface area contributed by atoms with Crippen molar-refractivity contribution in [3.05, 3.63) is 78.1 Å². The maximum absolute atomic E-state index is 13.2. The number of carbonyl (C=O) groups is 3. The van der Waals surface area contributed by atoms with Crippen LogP contribution in [0.15, 0.2) is 71.9 Å². The number of Topliss-reactive ketones (excluding diaryl/α,β-unsaturated/α-hetero) is 1. The van der Waals surface area contributed by atoms with E-state index in [1.165, 1.54) is 12.1 Å². The molecule has 29 heavy (non-hydrogen) atoms. The number of rotatable bonds is 3. The smallest absolute Gasteiger partial charge is 0.278 e. The van der Waals surface area contributed by atoms with Crippen LogP contribution in [0.25, 0.3) is 10.8 Å². The van der Waals surface area contributed by atoms with E-state index in [-0.39, 0.29) is 11.4 Å². The number of oxime groups is 1. The van der Waals surface area contributed by atoms with Gasteiger partial charge in [-0.3, -0.25) is 14.4 Å². The van der Waals surface area contributed by atoms with Crippen molar-refractivity contribution >= 4 is 39.8 Å². The highest BCUT2D eigenvalue weighted by Gasteiger charge is 2.57. The third-order valence-corrected chi connectivity index (χ3v) is 5.16. The Hall–Kier alpha value is -3.87. The van der Waals surface area contributed by atoms with Gasteiger partial charge in [0, 0.05) is 5.56 Å². The normalized spacial score (nSPS) is 20.6. The van der Waals surface area contributed by atoms with Gasteiger partial charge in [-0.2, -0.15) is 0 Å². The minimum absolute atomic E-state index is 0.102. The van der Waals surface area contributed by atoms with Crippen LogP contribution in [0.5, 0.6) is 0 Å². The monoisotopic (exact) mass is 388 g/mol. The number of amides is 2. The molecule has 0 aliphatic carbocycles. The van der Waals surface area contributed by atoms with Crippen LogP contribution in [0.1, 0.15) is 10.4 Å². The molecular weight excluding hydrogens is 375 g/mol. The third kappa shape index (κ3) is 2.55. The van der Waals surface area contributed by atoms with Gasteiger partial charge in [0.25, 0.3) is 5.91 Å². The van der Waals surface area contributed by atoms with Crippen LogP contribution in [-0.2, 0) is 14.4 Å². The first-order chi connectivity index (χ1) is 14.1. The van der Waals surface area contributed by atoms with E-state index in [2.05, 4.69) is 5.16 Å². The van der Waals surface area contributed by atoms with E-state index >= 15 is 0 Å². The lowest BCUT2D eigenvalue weighted by atomic mass is 9.91. The molecule has 0 saturated carbocycles. The number of nitrogens with zero attached hydrogens (tertiary/aromatic N) is 2. The van der Waals surface area contributed by atoms with Gasteiger partial charge in [-0.15, -0.1) is 0 Å². The molecule has 0 aromatic heterocycles. The van der Waals surface area contributed by atoms with Crippen molar-refractivity contribution in [3.8, 4) is 0 Å². The van der Waals surface area contributed by atoms with E-state index in [1.54, 1.807) is 12.1 Å². The highest BCUT2D eigenvalue weighted by molar-refractivity contribution is 6.53. The molecule has 2 heterocycles. The van der Waals surface area contributed by atoms with Crippen molar-refractivity contribution in [2.45, 2.75) is 6.10 Å². The highest BCUT2D eigenvalue weighted by Crippen LogP contribution is 2.34. The Morgan fingerprint density at radius 1 is 0.931 bits per heavy atom. The molecule has 2 aliphatic heterocycles. The number of halogens is 1. The zero-order chi connectivity index (χ0) is 20.1. The largest absolute Gasteiger partial charge is 0.381 e. The molecule has 0 bridgehead atoms. The Kier molecular flexibility index (Phi) is 3.77. The number of fused-ring (bicyclic) bond motifs is 2. The summed E-state index contributed by atoms with van der Waals surface area (Å²) >= 11 is 0. The van der Waals surface area contributed by atoms with Crippen molar-refractivity contribution in [1.29, 1.82) is 0 Å². The minimum Gasteiger partial charge on any atom is -0.381 e. The van der Waals surface area contributed by atoms with Gasteiger partial charge in [-0.25, -0.2) is 9.29 Å². The van der Waals surface area contributed by atoms with E-state index < -0.39 is 35.4 Å². The van der Waals surface area contributed by atoms with Gasteiger partial charge >= 0.3 is 0 Å². The molecule has 7 heteroatoms. The lowest BCUT2D eigenvalue weighted by molar-refractivity contribution is -0.126. The van der Waals surface area contributed by atoms with Gasteiger partial charge in [0.2, 0.25) is 17.8 Å². The van der Waals surface area contributed by atoms with E-state index in [0.717, 1.165) is 27.8 Å². The number of ketones is 1. The van der Waals surface area contributed by atoms with Gasteiger partial charge < -0.3 is 4.84 Å². The first-order valence-electron chi connectivity index (χ1n) is 8.96. The number of hydrogen-bond acceptors (Lipinski definition) is 5. The minimum atomic E-state index is -1.19. The number of hydrogen-bond donors (Lipinski definition) is 0. The molecule has 2 aliphatic rings. The fraction of sp³-hybridized carbons (Fsp3) is 0.0909.